The van der Waals surface area contributed by atoms with Crippen LogP contribution in [-0.2, 0) is 14.3 Å². The zero-order valence-corrected chi connectivity index (χ0v) is 33.4. The van der Waals surface area contributed by atoms with Gasteiger partial charge in [0.25, 0.3) is 5.91 Å². The summed E-state index contributed by atoms with van der Waals surface area (Å²) in [6, 6.07) is -0.365. The maximum Gasteiger partial charge on any atom is 0.307 e. The molecule has 2 bridgehead atoms. The molecule has 1 aliphatic heterocycles. The van der Waals surface area contributed by atoms with Crippen LogP contribution in [0, 0.1) is 62.6 Å². The molecule has 1 amide bonds. The Bertz CT molecular complexity index is 1560. The first kappa shape index (κ1) is 39.3. The van der Waals surface area contributed by atoms with Crippen LogP contribution < -0.4 is 11.1 Å². The molecule has 1 aromatic heterocycles. The lowest BCUT2D eigenvalue weighted by atomic mass is 9.34. The second-order valence-electron chi connectivity index (χ2n) is 19.5. The quantitative estimate of drug-likeness (QED) is 0.210. The van der Waals surface area contributed by atoms with E-state index in [-0.39, 0.29) is 58.3 Å². The van der Waals surface area contributed by atoms with Crippen molar-refractivity contribution in [3.8, 4) is 0 Å². The third kappa shape index (κ3) is 5.63. The molecule has 6 rings (SSSR count). The number of amides is 1. The number of nitrogens with zero attached hydrogens (tertiary/aromatic N) is 3. The molecule has 4 fully saturated rings. The van der Waals surface area contributed by atoms with Gasteiger partial charge in [0.2, 0.25) is 5.82 Å². The molecule has 0 spiro atoms. The fourth-order valence-electron chi connectivity index (χ4n) is 12.4. The lowest BCUT2D eigenvalue weighted by molar-refractivity contribution is -0.254. The van der Waals surface area contributed by atoms with E-state index in [0.717, 1.165) is 25.7 Å². The molecule has 292 valence electrons. The van der Waals surface area contributed by atoms with E-state index in [1.165, 1.54) is 11.9 Å². The predicted molar refractivity (Wildman–Crippen MR) is 198 cm³/mol. The smallest absolute Gasteiger partial charge is 0.307 e. The lowest BCUT2D eigenvalue weighted by Gasteiger charge is -2.71. The number of alkyl halides is 1. The summed E-state index contributed by atoms with van der Waals surface area (Å²) < 4.78 is 28.8. The first-order chi connectivity index (χ1) is 24.2. The van der Waals surface area contributed by atoms with Crippen molar-refractivity contribution in [1.82, 2.24) is 20.1 Å². The highest BCUT2D eigenvalue weighted by Crippen LogP contribution is 2.75. The number of aliphatic carboxylic acids is 1. The second-order valence-corrected chi connectivity index (χ2v) is 19.5. The Labute approximate surface area is 310 Å². The van der Waals surface area contributed by atoms with Crippen molar-refractivity contribution >= 4 is 11.9 Å². The third-order valence-corrected chi connectivity index (χ3v) is 16.4. The van der Waals surface area contributed by atoms with E-state index >= 15 is 0 Å². The Hall–Kier alpha value is -2.37. The maximum atomic E-state index is 13.6. The minimum Gasteiger partial charge on any atom is -0.481 e. The number of carbonyl (C=O) groups is 2. The van der Waals surface area contributed by atoms with E-state index in [4.69, 9.17) is 15.2 Å². The van der Waals surface area contributed by atoms with Gasteiger partial charge in [-0.3, -0.25) is 9.59 Å². The Morgan fingerprint density at radius 3 is 2.48 bits per heavy atom. The van der Waals surface area contributed by atoms with Gasteiger partial charge in [-0.1, -0.05) is 74.0 Å². The lowest BCUT2D eigenvalue weighted by Crippen LogP contribution is -2.70. The summed E-state index contributed by atoms with van der Waals surface area (Å²) in [7, 11) is 0. The largest absolute Gasteiger partial charge is 0.481 e. The van der Waals surface area contributed by atoms with Crippen LogP contribution in [0.2, 0.25) is 0 Å². The fraction of sp³-hybridized carbons (Fsp3) is 0.854. The summed E-state index contributed by atoms with van der Waals surface area (Å²) in [6.07, 6.45) is 8.47. The number of nitrogens with one attached hydrogen (secondary N) is 1. The van der Waals surface area contributed by atoms with Gasteiger partial charge in [0.05, 0.1) is 37.9 Å². The van der Waals surface area contributed by atoms with Crippen molar-refractivity contribution in [2.45, 2.75) is 125 Å². The summed E-state index contributed by atoms with van der Waals surface area (Å²) in [6.45, 7) is 22.7. The number of carboxylic acid groups (broad SMARTS) is 1. The molecule has 10 nitrogen and oxygen atoms in total. The molecule has 1 saturated heterocycles. The van der Waals surface area contributed by atoms with E-state index in [2.05, 4.69) is 83.8 Å². The number of fused-ring (bicyclic) bond motifs is 3. The van der Waals surface area contributed by atoms with Gasteiger partial charge in [0.1, 0.15) is 13.0 Å². The number of nitrogens with two attached hydrogens (primary N) is 1. The highest BCUT2D eigenvalue weighted by Gasteiger charge is 2.73. The number of hydrogen-bond donors (Lipinski definition) is 3. The average molecular weight is 728 g/mol. The van der Waals surface area contributed by atoms with Crippen molar-refractivity contribution < 1.29 is 28.6 Å². The van der Waals surface area contributed by atoms with Gasteiger partial charge < -0.3 is 25.6 Å². The van der Waals surface area contributed by atoms with E-state index in [1.54, 1.807) is 4.68 Å². The zero-order chi connectivity index (χ0) is 38.2. The first-order valence-corrected chi connectivity index (χ1v) is 19.9. The van der Waals surface area contributed by atoms with E-state index in [1.807, 2.05) is 6.92 Å². The Kier molecular flexibility index (Phi) is 10.2. The van der Waals surface area contributed by atoms with Crippen molar-refractivity contribution in [3.63, 3.8) is 0 Å². The summed E-state index contributed by atoms with van der Waals surface area (Å²) in [5.74, 6) is -0.344. The van der Waals surface area contributed by atoms with Crippen LogP contribution in [0.3, 0.4) is 0 Å². The van der Waals surface area contributed by atoms with Crippen LogP contribution in [0.1, 0.15) is 124 Å². The summed E-state index contributed by atoms with van der Waals surface area (Å²) >= 11 is 0. The highest BCUT2D eigenvalue weighted by molar-refractivity contribution is 5.90. The van der Waals surface area contributed by atoms with Gasteiger partial charge >= 0.3 is 5.97 Å². The molecule has 3 saturated carbocycles. The first-order valence-electron chi connectivity index (χ1n) is 19.9. The van der Waals surface area contributed by atoms with Crippen LogP contribution in [0.15, 0.2) is 18.0 Å². The second kappa shape index (κ2) is 13.4. The van der Waals surface area contributed by atoms with Crippen molar-refractivity contribution in [2.75, 3.05) is 33.0 Å². The number of halogens is 1. The normalized spacial score (nSPS) is 41.7. The molecule has 1 aromatic rings. The number of carboxylic acids is 1. The molecule has 0 radical (unpaired) electrons. The van der Waals surface area contributed by atoms with Gasteiger partial charge in [-0.25, -0.2) is 14.1 Å². The number of ether oxygens (including phenoxy) is 2. The molecule has 52 heavy (non-hydrogen) atoms. The monoisotopic (exact) mass is 728 g/mol. The Morgan fingerprint density at radius 1 is 1.13 bits per heavy atom. The van der Waals surface area contributed by atoms with E-state index in [0.29, 0.717) is 38.6 Å². The van der Waals surface area contributed by atoms with Crippen LogP contribution in [0.5, 0.6) is 0 Å². The molecule has 0 unspecified atom stereocenters. The Morgan fingerprint density at radius 2 is 1.85 bits per heavy atom. The molecule has 12 atom stereocenters. The third-order valence-electron chi connectivity index (χ3n) is 16.4. The van der Waals surface area contributed by atoms with E-state index in [9.17, 15) is 19.1 Å². The van der Waals surface area contributed by atoms with Crippen molar-refractivity contribution in [1.29, 1.82) is 0 Å². The molecule has 0 aromatic carbocycles. The van der Waals surface area contributed by atoms with Gasteiger partial charge in [-0.2, -0.15) is 5.10 Å². The predicted octanol–water partition coefficient (Wildman–Crippen LogP) is 6.87. The van der Waals surface area contributed by atoms with Crippen LogP contribution in [0.4, 0.5) is 4.39 Å². The number of rotatable bonds is 11. The average Bonchev–Trinajstić information content (AvgIpc) is 3.56. The summed E-state index contributed by atoms with van der Waals surface area (Å²) in [5.41, 5.74) is 5.75. The minimum atomic E-state index is -0.680. The molecule has 4 N–H and O–H groups in total. The maximum absolute atomic E-state index is 13.6. The molecule has 5 aliphatic rings. The van der Waals surface area contributed by atoms with E-state index < -0.39 is 46.9 Å². The number of hydrogen-bond acceptors (Lipinski definition) is 7. The molecule has 11 heteroatoms. The standard InChI is InChI=1S/C41H66FN5O5/c1-24(2)26(5)37(7)15-16-38(8)27-11-12-30-36(6)19-29(47-33(45-23-46-47)34(48)44-18-17-42)32(52-21-40(10,43)25(3)4)41(30,22-51-20-36)28(27)13-14-39(38,9)31(37)35(49)50/h13,23-27,29-32H,11-12,14-22,43H2,1-10H3,(H,44,48)(H,49,50)/t26-,27+,29-,30-,31-,32+,36-,37-,38-,39+,40+,41+/m1/s1. The highest BCUT2D eigenvalue weighted by atomic mass is 19.1. The summed E-state index contributed by atoms with van der Waals surface area (Å²) in [5, 5.41) is 18.5. The SMILES string of the molecule is CC(C)[C@@H](C)[C@@]1(C)CC[C@]2(C)[C@H]3CC[C@@H]4[C@@]5(C)COC[C@@]4(C3=CC[C@@]2(C)[C@@H]1C(=O)O)[C@@H](OC[C@](C)(N)C(C)C)[C@H](n1ncnc1C(=O)NCCF)C5. The number of aromatic nitrogens is 3. The van der Waals surface area contributed by atoms with Crippen molar-refractivity contribution in [3.05, 3.63) is 23.8 Å². The topological polar surface area (TPSA) is 142 Å². The minimum absolute atomic E-state index is 0.105. The molecular formula is C41H66FN5O5. The van der Waals surface area contributed by atoms with Gasteiger partial charge in [0, 0.05) is 17.5 Å². The number of carbonyl (C=O) groups excluding carboxylic acids is 1. The van der Waals surface area contributed by atoms with Gasteiger partial charge in [-0.05, 0) is 96.7 Å². The molecular weight excluding hydrogens is 661 g/mol. The summed E-state index contributed by atoms with van der Waals surface area (Å²) in [4.78, 5) is 31.4. The Balaban J connectivity index is 1.52. The molecule has 2 heterocycles. The van der Waals surface area contributed by atoms with Gasteiger partial charge in [0.15, 0.2) is 0 Å². The number of allylic oxidation sites excluding steroid dienone is 1. The van der Waals surface area contributed by atoms with Crippen LogP contribution in [-0.4, -0.2) is 76.4 Å². The van der Waals surface area contributed by atoms with Crippen LogP contribution >= 0.6 is 0 Å². The van der Waals surface area contributed by atoms with Gasteiger partial charge in [-0.15, -0.1) is 0 Å². The fourth-order valence-corrected chi connectivity index (χ4v) is 12.4. The molecule has 4 aliphatic carbocycles. The van der Waals surface area contributed by atoms with Crippen molar-refractivity contribution in [2.24, 2.45) is 68.3 Å². The van der Waals surface area contributed by atoms with Crippen LogP contribution in [0.25, 0.3) is 0 Å². The zero-order valence-electron chi connectivity index (χ0n) is 33.4.